The van der Waals surface area contributed by atoms with Gasteiger partial charge in [-0.3, -0.25) is 0 Å². The van der Waals surface area contributed by atoms with Crippen LogP contribution in [0.25, 0.3) is 0 Å². The lowest BCUT2D eigenvalue weighted by Gasteiger charge is -2.00. The van der Waals surface area contributed by atoms with Crippen LogP contribution in [0.2, 0.25) is 0 Å². The van der Waals surface area contributed by atoms with Crippen LogP contribution < -0.4 is 5.19 Å². The maximum absolute atomic E-state index is 5.40. The van der Waals surface area contributed by atoms with E-state index >= 15 is 0 Å². The molecule has 1 aromatic carbocycles. The van der Waals surface area contributed by atoms with Crippen LogP contribution in [0, 0.1) is 6.92 Å². The van der Waals surface area contributed by atoms with Crippen molar-refractivity contribution in [2.75, 3.05) is 6.61 Å². The Balaban J connectivity index is 2.52. The van der Waals surface area contributed by atoms with E-state index in [1.807, 2.05) is 6.92 Å². The minimum absolute atomic E-state index is 0.427. The summed E-state index contributed by atoms with van der Waals surface area (Å²) < 4.78 is 5.40. The molecule has 0 aromatic heterocycles. The Morgan fingerprint density at radius 3 is 2.45 bits per heavy atom. The second kappa shape index (κ2) is 4.31. The summed E-state index contributed by atoms with van der Waals surface area (Å²) in [6.45, 7) is 4.99. The van der Waals surface area contributed by atoms with Crippen LogP contribution in [0.15, 0.2) is 24.3 Å². The van der Waals surface area contributed by atoms with Gasteiger partial charge in [0, 0.05) is 6.61 Å². The molecule has 0 aliphatic heterocycles. The van der Waals surface area contributed by atoms with Gasteiger partial charge in [0.25, 0.3) is 0 Å². The molecule has 0 bridgehead atoms. The number of rotatable bonds is 3. The Labute approximate surface area is 70.3 Å². The lowest BCUT2D eigenvalue weighted by Crippen LogP contribution is -2.16. The zero-order chi connectivity index (χ0) is 8.10. The van der Waals surface area contributed by atoms with Crippen LogP contribution >= 0.6 is 0 Å². The maximum Gasteiger partial charge on any atom is 0.192 e. The molecular formula is C9H14OSi. The van der Waals surface area contributed by atoms with Crippen molar-refractivity contribution in [2.45, 2.75) is 13.8 Å². The van der Waals surface area contributed by atoms with Crippen molar-refractivity contribution in [3.63, 3.8) is 0 Å². The van der Waals surface area contributed by atoms with Crippen molar-refractivity contribution in [3.05, 3.63) is 29.8 Å². The molecule has 0 unspecified atom stereocenters. The summed E-state index contributed by atoms with van der Waals surface area (Å²) in [5.41, 5.74) is 1.32. The van der Waals surface area contributed by atoms with Gasteiger partial charge in [0.05, 0.1) is 0 Å². The summed E-state index contributed by atoms with van der Waals surface area (Å²) >= 11 is 0. The van der Waals surface area contributed by atoms with Gasteiger partial charge in [-0.1, -0.05) is 29.8 Å². The summed E-state index contributed by atoms with van der Waals surface area (Å²) in [6.07, 6.45) is 0. The Morgan fingerprint density at radius 2 is 1.91 bits per heavy atom. The molecule has 11 heavy (non-hydrogen) atoms. The molecule has 0 atom stereocenters. The SMILES string of the molecule is CCO[SiH2]c1ccc(C)cc1. The van der Waals surface area contributed by atoms with E-state index in [0.29, 0.717) is 0 Å². The zero-order valence-electron chi connectivity index (χ0n) is 7.13. The third-order valence-corrected chi connectivity index (χ3v) is 3.01. The number of hydrogen-bond acceptors (Lipinski definition) is 1. The van der Waals surface area contributed by atoms with E-state index in [4.69, 9.17) is 4.43 Å². The third-order valence-electron chi connectivity index (χ3n) is 1.59. The van der Waals surface area contributed by atoms with Crippen molar-refractivity contribution >= 4 is 14.9 Å². The average Bonchev–Trinajstić information content (AvgIpc) is 2.04. The van der Waals surface area contributed by atoms with Crippen LogP contribution in [0.3, 0.4) is 0 Å². The Kier molecular flexibility index (Phi) is 3.33. The third kappa shape index (κ3) is 2.86. The number of aryl methyl sites for hydroxylation is 1. The molecule has 60 valence electrons. The summed E-state index contributed by atoms with van der Waals surface area (Å²) in [5, 5.41) is 1.39. The first-order chi connectivity index (χ1) is 5.33. The summed E-state index contributed by atoms with van der Waals surface area (Å²) in [6, 6.07) is 8.61. The van der Waals surface area contributed by atoms with Gasteiger partial charge in [-0.25, -0.2) is 0 Å². The molecule has 0 heterocycles. The van der Waals surface area contributed by atoms with Crippen molar-refractivity contribution in [3.8, 4) is 0 Å². The highest BCUT2D eigenvalue weighted by Gasteiger charge is 1.91. The average molecular weight is 166 g/mol. The zero-order valence-corrected chi connectivity index (χ0v) is 8.55. The van der Waals surface area contributed by atoms with E-state index in [2.05, 4.69) is 31.2 Å². The molecule has 1 nitrogen and oxygen atoms in total. The molecule has 0 radical (unpaired) electrons. The fourth-order valence-corrected chi connectivity index (χ4v) is 1.77. The lowest BCUT2D eigenvalue weighted by molar-refractivity contribution is 0.367. The second-order valence-electron chi connectivity index (χ2n) is 2.62. The number of hydrogen-bond donors (Lipinski definition) is 0. The maximum atomic E-state index is 5.40. The standard InChI is InChI=1S/C9H14OSi/c1-3-10-11-9-6-4-8(2)5-7-9/h4-7H,3,11H2,1-2H3. The smallest absolute Gasteiger partial charge is 0.192 e. The van der Waals surface area contributed by atoms with Crippen LogP contribution in [-0.2, 0) is 4.43 Å². The van der Waals surface area contributed by atoms with Gasteiger partial charge in [-0.15, -0.1) is 0 Å². The van der Waals surface area contributed by atoms with Gasteiger partial charge in [0.1, 0.15) is 0 Å². The van der Waals surface area contributed by atoms with E-state index < -0.39 is 9.76 Å². The quantitative estimate of drug-likeness (QED) is 0.602. The fourth-order valence-electron chi connectivity index (χ4n) is 0.904. The van der Waals surface area contributed by atoms with E-state index in [0.717, 1.165) is 6.61 Å². The monoisotopic (exact) mass is 166 g/mol. The molecule has 1 rings (SSSR count). The minimum atomic E-state index is -0.427. The molecule has 0 aliphatic rings. The molecule has 0 saturated heterocycles. The predicted octanol–water partition coefficient (Wildman–Crippen LogP) is 0.741. The van der Waals surface area contributed by atoms with E-state index in [1.54, 1.807) is 0 Å². The van der Waals surface area contributed by atoms with Crippen molar-refractivity contribution in [2.24, 2.45) is 0 Å². The van der Waals surface area contributed by atoms with Crippen LogP contribution in [0.5, 0.6) is 0 Å². The highest BCUT2D eigenvalue weighted by Crippen LogP contribution is 1.91. The highest BCUT2D eigenvalue weighted by molar-refractivity contribution is 6.46. The molecule has 0 fully saturated rings. The van der Waals surface area contributed by atoms with E-state index in [9.17, 15) is 0 Å². The predicted molar refractivity (Wildman–Crippen MR) is 51.0 cm³/mol. The Bertz CT molecular complexity index is 205. The van der Waals surface area contributed by atoms with Gasteiger partial charge in [-0.05, 0) is 19.0 Å². The van der Waals surface area contributed by atoms with Gasteiger partial charge in [0.15, 0.2) is 9.76 Å². The summed E-state index contributed by atoms with van der Waals surface area (Å²) in [5.74, 6) is 0. The Hall–Kier alpha value is -0.603. The summed E-state index contributed by atoms with van der Waals surface area (Å²) in [7, 11) is -0.427. The first kappa shape index (κ1) is 8.49. The summed E-state index contributed by atoms with van der Waals surface area (Å²) in [4.78, 5) is 0. The van der Waals surface area contributed by atoms with Crippen molar-refractivity contribution in [1.29, 1.82) is 0 Å². The van der Waals surface area contributed by atoms with E-state index in [1.165, 1.54) is 10.8 Å². The number of benzene rings is 1. The minimum Gasteiger partial charge on any atom is -0.419 e. The lowest BCUT2D eigenvalue weighted by atomic mass is 10.2. The normalized spacial score (nSPS) is 11.1. The largest absolute Gasteiger partial charge is 0.419 e. The molecule has 1 aromatic rings. The topological polar surface area (TPSA) is 9.23 Å². The molecule has 0 amide bonds. The van der Waals surface area contributed by atoms with Gasteiger partial charge in [0.2, 0.25) is 0 Å². The van der Waals surface area contributed by atoms with Gasteiger partial charge in [-0.2, -0.15) is 0 Å². The van der Waals surface area contributed by atoms with Gasteiger partial charge >= 0.3 is 0 Å². The van der Waals surface area contributed by atoms with Crippen molar-refractivity contribution in [1.82, 2.24) is 0 Å². The second-order valence-corrected chi connectivity index (χ2v) is 4.14. The van der Waals surface area contributed by atoms with E-state index in [-0.39, 0.29) is 0 Å². The van der Waals surface area contributed by atoms with Crippen LogP contribution in [0.1, 0.15) is 12.5 Å². The molecule has 0 N–H and O–H groups in total. The van der Waals surface area contributed by atoms with Crippen molar-refractivity contribution < 1.29 is 4.43 Å². The first-order valence-electron chi connectivity index (χ1n) is 3.96. The van der Waals surface area contributed by atoms with Crippen LogP contribution in [-0.4, -0.2) is 16.4 Å². The molecule has 0 aliphatic carbocycles. The molecule has 0 spiro atoms. The molecular weight excluding hydrogens is 152 g/mol. The molecule has 0 saturated carbocycles. The van der Waals surface area contributed by atoms with Gasteiger partial charge < -0.3 is 4.43 Å². The van der Waals surface area contributed by atoms with Crippen LogP contribution in [0.4, 0.5) is 0 Å². The Morgan fingerprint density at radius 1 is 1.27 bits per heavy atom. The fraction of sp³-hybridized carbons (Fsp3) is 0.333. The highest BCUT2D eigenvalue weighted by atomic mass is 28.2. The molecule has 2 heteroatoms. The first-order valence-corrected chi connectivity index (χ1v) is 5.24.